The predicted molar refractivity (Wildman–Crippen MR) is 79.4 cm³/mol. The van der Waals surface area contributed by atoms with Crippen LogP contribution in [0.5, 0.6) is 0 Å². The normalized spacial score (nSPS) is 12.2. The molecule has 3 nitrogen and oxygen atoms in total. The monoisotopic (exact) mass is 255 g/mol. The number of aromatic nitrogens is 2. The van der Waals surface area contributed by atoms with Gasteiger partial charge in [-0.1, -0.05) is 30.3 Å². The van der Waals surface area contributed by atoms with E-state index in [0.717, 1.165) is 30.2 Å². The van der Waals surface area contributed by atoms with E-state index < -0.39 is 0 Å². The zero-order chi connectivity index (χ0) is 13.7. The lowest BCUT2D eigenvalue weighted by atomic mass is 10.1. The van der Waals surface area contributed by atoms with E-state index in [0.29, 0.717) is 6.04 Å². The Bertz CT molecular complexity index is 503. The zero-order valence-electron chi connectivity index (χ0n) is 11.9. The molecule has 0 aliphatic rings. The fourth-order valence-corrected chi connectivity index (χ4v) is 2.11. The van der Waals surface area contributed by atoms with Gasteiger partial charge in [0, 0.05) is 17.4 Å². The third-order valence-corrected chi connectivity index (χ3v) is 3.07. The van der Waals surface area contributed by atoms with Crippen molar-refractivity contribution in [1.82, 2.24) is 9.97 Å². The Morgan fingerprint density at radius 1 is 1.05 bits per heavy atom. The Balaban J connectivity index is 1.89. The quantitative estimate of drug-likeness (QED) is 0.888. The molecule has 0 radical (unpaired) electrons. The number of hydrogen-bond acceptors (Lipinski definition) is 3. The molecule has 0 fully saturated rings. The third kappa shape index (κ3) is 4.36. The summed E-state index contributed by atoms with van der Waals surface area (Å²) < 4.78 is 0. The van der Waals surface area contributed by atoms with Crippen LogP contribution in [0.3, 0.4) is 0 Å². The fraction of sp³-hybridized carbons (Fsp3) is 0.375. The standard InChI is InChI=1S/C16H21N3/c1-12(9-10-15-7-5-4-6-8-15)17-16-18-13(2)11-14(3)19-16/h4-8,11-12H,9-10H2,1-3H3,(H,17,18,19). The Labute approximate surface area is 115 Å². The van der Waals surface area contributed by atoms with Gasteiger partial charge in [0.2, 0.25) is 5.95 Å². The summed E-state index contributed by atoms with van der Waals surface area (Å²) in [6, 6.07) is 12.9. The van der Waals surface area contributed by atoms with Crippen LogP contribution in [0.2, 0.25) is 0 Å². The highest BCUT2D eigenvalue weighted by Gasteiger charge is 2.05. The van der Waals surface area contributed by atoms with Crippen molar-refractivity contribution in [2.75, 3.05) is 5.32 Å². The number of aryl methyl sites for hydroxylation is 3. The van der Waals surface area contributed by atoms with Crippen LogP contribution in [0.4, 0.5) is 5.95 Å². The Morgan fingerprint density at radius 2 is 1.68 bits per heavy atom. The summed E-state index contributed by atoms with van der Waals surface area (Å²) in [4.78, 5) is 8.81. The van der Waals surface area contributed by atoms with Crippen LogP contribution in [0.15, 0.2) is 36.4 Å². The molecule has 1 unspecified atom stereocenters. The number of nitrogens with one attached hydrogen (secondary N) is 1. The lowest BCUT2D eigenvalue weighted by Gasteiger charge is -2.14. The van der Waals surface area contributed by atoms with Gasteiger partial charge in [-0.15, -0.1) is 0 Å². The first-order valence-electron chi connectivity index (χ1n) is 6.76. The highest BCUT2D eigenvalue weighted by molar-refractivity contribution is 5.29. The first-order valence-corrected chi connectivity index (χ1v) is 6.76. The minimum Gasteiger partial charge on any atom is -0.352 e. The molecule has 1 N–H and O–H groups in total. The van der Waals surface area contributed by atoms with E-state index in [1.165, 1.54) is 5.56 Å². The van der Waals surface area contributed by atoms with Crippen molar-refractivity contribution in [1.29, 1.82) is 0 Å². The summed E-state index contributed by atoms with van der Waals surface area (Å²) in [5.41, 5.74) is 3.38. The number of benzene rings is 1. The molecule has 0 aliphatic carbocycles. The topological polar surface area (TPSA) is 37.8 Å². The van der Waals surface area contributed by atoms with Gasteiger partial charge >= 0.3 is 0 Å². The number of hydrogen-bond donors (Lipinski definition) is 1. The average Bonchev–Trinajstić information content (AvgIpc) is 2.36. The van der Waals surface area contributed by atoms with Gasteiger partial charge in [-0.3, -0.25) is 0 Å². The molecule has 0 saturated carbocycles. The minimum absolute atomic E-state index is 0.362. The van der Waals surface area contributed by atoms with E-state index >= 15 is 0 Å². The van der Waals surface area contributed by atoms with E-state index in [4.69, 9.17) is 0 Å². The van der Waals surface area contributed by atoms with Gasteiger partial charge in [0.15, 0.2) is 0 Å². The van der Waals surface area contributed by atoms with Crippen molar-refractivity contribution < 1.29 is 0 Å². The minimum atomic E-state index is 0.362. The van der Waals surface area contributed by atoms with Crippen molar-refractivity contribution in [3.05, 3.63) is 53.3 Å². The molecule has 0 bridgehead atoms. The van der Waals surface area contributed by atoms with Gasteiger partial charge in [-0.05, 0) is 45.2 Å². The molecule has 0 saturated heterocycles. The van der Waals surface area contributed by atoms with Crippen LogP contribution in [-0.4, -0.2) is 16.0 Å². The second-order valence-electron chi connectivity index (χ2n) is 5.04. The summed E-state index contributed by atoms with van der Waals surface area (Å²) in [5.74, 6) is 0.734. The third-order valence-electron chi connectivity index (χ3n) is 3.07. The summed E-state index contributed by atoms with van der Waals surface area (Å²) in [5, 5.41) is 3.37. The van der Waals surface area contributed by atoms with Crippen LogP contribution in [0, 0.1) is 13.8 Å². The zero-order valence-corrected chi connectivity index (χ0v) is 11.9. The van der Waals surface area contributed by atoms with Crippen molar-refractivity contribution >= 4 is 5.95 Å². The summed E-state index contributed by atoms with van der Waals surface area (Å²) >= 11 is 0. The fourth-order valence-electron chi connectivity index (χ4n) is 2.11. The number of nitrogens with zero attached hydrogens (tertiary/aromatic N) is 2. The molecule has 2 aromatic rings. The highest BCUT2D eigenvalue weighted by atomic mass is 15.1. The van der Waals surface area contributed by atoms with Gasteiger partial charge in [-0.25, -0.2) is 9.97 Å². The van der Waals surface area contributed by atoms with E-state index in [1.54, 1.807) is 0 Å². The molecule has 100 valence electrons. The molecule has 0 amide bonds. The Kier molecular flexibility index (Phi) is 4.50. The molecule has 1 atom stereocenters. The van der Waals surface area contributed by atoms with Crippen molar-refractivity contribution in [2.24, 2.45) is 0 Å². The molecule has 1 aromatic heterocycles. The predicted octanol–water partition coefficient (Wildman–Crippen LogP) is 3.53. The molecule has 1 aromatic carbocycles. The van der Waals surface area contributed by atoms with E-state index in [2.05, 4.69) is 52.5 Å². The van der Waals surface area contributed by atoms with Gasteiger partial charge in [0.05, 0.1) is 0 Å². The van der Waals surface area contributed by atoms with Crippen molar-refractivity contribution in [3.8, 4) is 0 Å². The second kappa shape index (κ2) is 6.32. The van der Waals surface area contributed by atoms with E-state index in [1.807, 2.05) is 19.9 Å². The van der Waals surface area contributed by atoms with Crippen LogP contribution < -0.4 is 5.32 Å². The van der Waals surface area contributed by atoms with Crippen LogP contribution in [0.1, 0.15) is 30.3 Å². The van der Waals surface area contributed by atoms with E-state index in [9.17, 15) is 0 Å². The molecule has 19 heavy (non-hydrogen) atoms. The van der Waals surface area contributed by atoms with Crippen LogP contribution >= 0.6 is 0 Å². The average molecular weight is 255 g/mol. The second-order valence-corrected chi connectivity index (χ2v) is 5.04. The van der Waals surface area contributed by atoms with Gasteiger partial charge in [-0.2, -0.15) is 0 Å². The largest absolute Gasteiger partial charge is 0.352 e. The summed E-state index contributed by atoms with van der Waals surface area (Å²) in [6.45, 7) is 6.16. The van der Waals surface area contributed by atoms with Crippen molar-refractivity contribution in [2.45, 2.75) is 39.7 Å². The first kappa shape index (κ1) is 13.5. The Morgan fingerprint density at radius 3 is 2.32 bits per heavy atom. The smallest absolute Gasteiger partial charge is 0.223 e. The van der Waals surface area contributed by atoms with Gasteiger partial charge in [0.1, 0.15) is 0 Å². The SMILES string of the molecule is Cc1cc(C)nc(NC(C)CCc2ccccc2)n1. The maximum absolute atomic E-state index is 4.41. The van der Waals surface area contributed by atoms with Crippen molar-refractivity contribution in [3.63, 3.8) is 0 Å². The summed E-state index contributed by atoms with van der Waals surface area (Å²) in [6.07, 6.45) is 2.14. The summed E-state index contributed by atoms with van der Waals surface area (Å²) in [7, 11) is 0. The number of rotatable bonds is 5. The molecular weight excluding hydrogens is 234 g/mol. The van der Waals surface area contributed by atoms with E-state index in [-0.39, 0.29) is 0 Å². The van der Waals surface area contributed by atoms with Gasteiger partial charge < -0.3 is 5.32 Å². The molecule has 0 aliphatic heterocycles. The molecule has 3 heteroatoms. The maximum atomic E-state index is 4.41. The number of anilines is 1. The lowest BCUT2D eigenvalue weighted by Crippen LogP contribution is -2.18. The van der Waals surface area contributed by atoms with Gasteiger partial charge in [0.25, 0.3) is 0 Å². The molecule has 1 heterocycles. The molecule has 0 spiro atoms. The van der Waals surface area contributed by atoms with Crippen LogP contribution in [0.25, 0.3) is 0 Å². The lowest BCUT2D eigenvalue weighted by molar-refractivity contribution is 0.697. The Hall–Kier alpha value is -1.90. The highest BCUT2D eigenvalue weighted by Crippen LogP contribution is 2.09. The first-order chi connectivity index (χ1) is 9.13. The molecular formula is C16H21N3. The molecule has 2 rings (SSSR count). The maximum Gasteiger partial charge on any atom is 0.223 e. The van der Waals surface area contributed by atoms with Crippen LogP contribution in [-0.2, 0) is 6.42 Å².